The predicted octanol–water partition coefficient (Wildman–Crippen LogP) is 3.36. The number of hydrogen-bond donors (Lipinski definition) is 1. The van der Waals surface area contributed by atoms with Crippen LogP contribution in [0.4, 0.5) is 4.39 Å². The minimum atomic E-state index is -0.339. The summed E-state index contributed by atoms with van der Waals surface area (Å²) in [6.07, 6.45) is 0. The highest BCUT2D eigenvalue weighted by atomic mass is 79.9. The van der Waals surface area contributed by atoms with Gasteiger partial charge in [-0.3, -0.25) is 0 Å². The maximum Gasteiger partial charge on any atom is 0.132 e. The first kappa shape index (κ1) is 13.5. The van der Waals surface area contributed by atoms with E-state index in [9.17, 15) is 4.39 Å². The summed E-state index contributed by atoms with van der Waals surface area (Å²) in [7, 11) is 3.71. The highest BCUT2D eigenvalue weighted by Crippen LogP contribution is 2.31. The van der Waals surface area contributed by atoms with Crippen molar-refractivity contribution in [2.24, 2.45) is 7.05 Å². The second-order valence-electron chi connectivity index (χ2n) is 3.88. The molecule has 0 aliphatic heterocycles. The minimum absolute atomic E-state index is 0.339. The Morgan fingerprint density at radius 3 is 2.89 bits per heavy atom. The lowest BCUT2D eigenvalue weighted by Gasteiger charge is -2.02. The maximum atomic E-state index is 13.8. The zero-order valence-corrected chi connectivity index (χ0v) is 12.3. The van der Waals surface area contributed by atoms with E-state index < -0.39 is 0 Å². The monoisotopic (exact) mass is 331 g/mol. The summed E-state index contributed by atoms with van der Waals surface area (Å²) < 4.78 is 16.4. The van der Waals surface area contributed by atoms with Crippen LogP contribution in [0.5, 0.6) is 0 Å². The number of imidazole rings is 1. The van der Waals surface area contributed by atoms with Crippen LogP contribution >= 0.6 is 27.5 Å². The van der Waals surface area contributed by atoms with E-state index in [1.165, 1.54) is 12.1 Å². The number of rotatable bonds is 3. The standard InChI is InChI=1S/C12H12BrClFN3/c1-16-6-10-17-11(12(13)18(10)2)8-5-7(14)3-4-9(8)15/h3-5,16H,6H2,1-2H3. The number of aromatic nitrogens is 2. The van der Waals surface area contributed by atoms with Crippen LogP contribution in [0.2, 0.25) is 5.02 Å². The first-order valence-electron chi connectivity index (χ1n) is 5.35. The fourth-order valence-electron chi connectivity index (χ4n) is 1.69. The summed E-state index contributed by atoms with van der Waals surface area (Å²) in [5.74, 6) is 0.480. The zero-order valence-electron chi connectivity index (χ0n) is 9.97. The molecule has 0 atom stereocenters. The number of halogens is 3. The van der Waals surface area contributed by atoms with E-state index in [0.717, 1.165) is 10.4 Å². The maximum absolute atomic E-state index is 13.8. The van der Waals surface area contributed by atoms with Gasteiger partial charge in [0, 0.05) is 17.6 Å². The van der Waals surface area contributed by atoms with Crippen molar-refractivity contribution in [1.82, 2.24) is 14.9 Å². The van der Waals surface area contributed by atoms with Gasteiger partial charge >= 0.3 is 0 Å². The zero-order chi connectivity index (χ0) is 13.3. The highest BCUT2D eigenvalue weighted by Gasteiger charge is 2.17. The fourth-order valence-corrected chi connectivity index (χ4v) is 2.37. The van der Waals surface area contributed by atoms with Crippen molar-refractivity contribution >= 4 is 27.5 Å². The molecule has 0 radical (unpaired) electrons. The fraction of sp³-hybridized carbons (Fsp3) is 0.250. The molecule has 2 rings (SSSR count). The molecule has 0 aliphatic carbocycles. The van der Waals surface area contributed by atoms with Crippen LogP contribution in [-0.4, -0.2) is 16.6 Å². The molecule has 0 aliphatic rings. The van der Waals surface area contributed by atoms with Crippen molar-refractivity contribution in [3.05, 3.63) is 39.5 Å². The van der Waals surface area contributed by atoms with Crippen LogP contribution in [0.25, 0.3) is 11.3 Å². The Kier molecular flexibility index (Phi) is 4.04. The number of benzene rings is 1. The van der Waals surface area contributed by atoms with E-state index in [2.05, 4.69) is 26.2 Å². The Hall–Kier alpha value is -0.910. The summed E-state index contributed by atoms with van der Waals surface area (Å²) >= 11 is 9.33. The molecule has 6 heteroatoms. The minimum Gasteiger partial charge on any atom is -0.324 e. The van der Waals surface area contributed by atoms with E-state index >= 15 is 0 Å². The van der Waals surface area contributed by atoms with Crippen LogP contribution < -0.4 is 5.32 Å². The van der Waals surface area contributed by atoms with Gasteiger partial charge < -0.3 is 9.88 Å². The molecule has 1 heterocycles. The Balaban J connectivity index is 2.57. The van der Waals surface area contributed by atoms with Crippen LogP contribution in [0.3, 0.4) is 0 Å². The van der Waals surface area contributed by atoms with E-state index in [1.807, 2.05) is 18.7 Å². The molecule has 2 aromatic rings. The number of hydrogen-bond acceptors (Lipinski definition) is 2. The smallest absolute Gasteiger partial charge is 0.132 e. The van der Waals surface area contributed by atoms with Crippen LogP contribution in [0.15, 0.2) is 22.8 Å². The Morgan fingerprint density at radius 2 is 2.22 bits per heavy atom. The van der Waals surface area contributed by atoms with Gasteiger partial charge in [0.2, 0.25) is 0 Å². The van der Waals surface area contributed by atoms with Crippen LogP contribution in [0.1, 0.15) is 5.82 Å². The summed E-state index contributed by atoms with van der Waals surface area (Å²) in [6.45, 7) is 0.608. The van der Waals surface area contributed by atoms with Gasteiger partial charge in [-0.1, -0.05) is 11.6 Å². The molecule has 0 fully saturated rings. The third-order valence-corrected chi connectivity index (χ3v) is 3.78. The molecule has 0 bridgehead atoms. The van der Waals surface area contributed by atoms with Crippen LogP contribution in [-0.2, 0) is 13.6 Å². The third kappa shape index (κ3) is 2.43. The van der Waals surface area contributed by atoms with Gasteiger partial charge in [0.25, 0.3) is 0 Å². The second-order valence-corrected chi connectivity index (χ2v) is 5.07. The normalized spacial score (nSPS) is 10.9. The van der Waals surface area contributed by atoms with Crippen LogP contribution in [0, 0.1) is 5.82 Å². The largest absolute Gasteiger partial charge is 0.324 e. The molecule has 0 spiro atoms. The van der Waals surface area contributed by atoms with Gasteiger partial charge in [-0.25, -0.2) is 9.37 Å². The van der Waals surface area contributed by atoms with E-state index in [1.54, 1.807) is 6.07 Å². The predicted molar refractivity (Wildman–Crippen MR) is 74.1 cm³/mol. The van der Waals surface area contributed by atoms with Gasteiger partial charge in [-0.2, -0.15) is 0 Å². The van der Waals surface area contributed by atoms with E-state index in [4.69, 9.17) is 11.6 Å². The van der Waals surface area contributed by atoms with Crippen molar-refractivity contribution in [2.45, 2.75) is 6.54 Å². The van der Waals surface area contributed by atoms with Gasteiger partial charge in [0.1, 0.15) is 21.9 Å². The summed E-state index contributed by atoms with van der Waals surface area (Å²) in [4.78, 5) is 4.43. The van der Waals surface area contributed by atoms with Crippen molar-refractivity contribution in [3.8, 4) is 11.3 Å². The molecule has 3 nitrogen and oxygen atoms in total. The van der Waals surface area contributed by atoms with Crippen molar-refractivity contribution in [3.63, 3.8) is 0 Å². The van der Waals surface area contributed by atoms with Crippen molar-refractivity contribution in [1.29, 1.82) is 0 Å². The third-order valence-electron chi connectivity index (χ3n) is 2.64. The molecule has 1 aromatic carbocycles. The molecule has 1 aromatic heterocycles. The lowest BCUT2D eigenvalue weighted by atomic mass is 10.1. The molecular weight excluding hydrogens is 321 g/mol. The average Bonchev–Trinajstić information content (AvgIpc) is 2.61. The van der Waals surface area contributed by atoms with Gasteiger partial charge in [0.15, 0.2) is 0 Å². The van der Waals surface area contributed by atoms with Gasteiger partial charge in [-0.15, -0.1) is 0 Å². The Bertz CT molecular complexity index is 583. The van der Waals surface area contributed by atoms with E-state index in [0.29, 0.717) is 22.8 Å². The first-order valence-corrected chi connectivity index (χ1v) is 6.52. The molecule has 96 valence electrons. The SMILES string of the molecule is CNCc1nc(-c2cc(Cl)ccc2F)c(Br)n1C. The quantitative estimate of drug-likeness (QED) is 0.934. The van der Waals surface area contributed by atoms with Gasteiger partial charge in [-0.05, 0) is 41.2 Å². The molecule has 0 saturated heterocycles. The number of nitrogens with one attached hydrogen (secondary N) is 1. The molecular formula is C12H12BrClFN3. The first-order chi connectivity index (χ1) is 8.54. The molecule has 0 unspecified atom stereocenters. The molecule has 18 heavy (non-hydrogen) atoms. The Labute approximate surface area is 118 Å². The highest BCUT2D eigenvalue weighted by molar-refractivity contribution is 9.10. The Morgan fingerprint density at radius 1 is 1.50 bits per heavy atom. The second kappa shape index (κ2) is 5.38. The lowest BCUT2D eigenvalue weighted by molar-refractivity contribution is 0.630. The topological polar surface area (TPSA) is 29.9 Å². The molecule has 1 N–H and O–H groups in total. The summed E-state index contributed by atoms with van der Waals surface area (Å²) in [6, 6.07) is 4.44. The molecule has 0 saturated carbocycles. The summed E-state index contributed by atoms with van der Waals surface area (Å²) in [5, 5.41) is 3.50. The lowest BCUT2D eigenvalue weighted by Crippen LogP contribution is -2.10. The van der Waals surface area contributed by atoms with E-state index in [-0.39, 0.29) is 5.82 Å². The molecule has 0 amide bonds. The van der Waals surface area contributed by atoms with Crippen molar-refractivity contribution < 1.29 is 4.39 Å². The van der Waals surface area contributed by atoms with Gasteiger partial charge in [0.05, 0.1) is 6.54 Å². The summed E-state index contributed by atoms with van der Waals surface area (Å²) in [5.41, 5.74) is 0.954. The average molecular weight is 333 g/mol. The van der Waals surface area contributed by atoms with Crippen molar-refractivity contribution in [2.75, 3.05) is 7.05 Å². The number of nitrogens with zero attached hydrogens (tertiary/aromatic N) is 2.